The summed E-state index contributed by atoms with van der Waals surface area (Å²) < 4.78 is 69.0. The predicted molar refractivity (Wildman–Crippen MR) is 83.1 cm³/mol. The molecule has 0 fully saturated rings. The zero-order chi connectivity index (χ0) is 18.3. The van der Waals surface area contributed by atoms with Crippen LogP contribution in [0.2, 0.25) is 5.15 Å². The van der Waals surface area contributed by atoms with Crippen molar-refractivity contribution in [2.45, 2.75) is 30.5 Å². The standard InChI is InChI=1S/C14H15ClF3N3O2S/c1-9-11(12(15)21(3)19-9)24(22,23)20-13(2,14(16,17)18)10-7-5-4-6-8-10/h4-8,20H,1-3H3/t13-/m0/s1. The molecule has 0 saturated heterocycles. The van der Waals surface area contributed by atoms with E-state index in [1.54, 1.807) is 4.72 Å². The quantitative estimate of drug-likeness (QED) is 0.885. The van der Waals surface area contributed by atoms with E-state index in [-0.39, 0.29) is 16.4 Å². The molecule has 1 N–H and O–H groups in total. The molecule has 1 heterocycles. The van der Waals surface area contributed by atoms with Crippen molar-refractivity contribution in [2.75, 3.05) is 0 Å². The molecular formula is C14H15ClF3N3O2S. The van der Waals surface area contributed by atoms with Crippen molar-refractivity contribution >= 4 is 21.6 Å². The normalized spacial score (nSPS) is 15.3. The lowest BCUT2D eigenvalue weighted by Crippen LogP contribution is -2.53. The smallest absolute Gasteiger partial charge is 0.255 e. The summed E-state index contributed by atoms with van der Waals surface area (Å²) in [6.45, 7) is 2.12. The number of hydrogen-bond donors (Lipinski definition) is 1. The molecule has 1 atom stereocenters. The van der Waals surface area contributed by atoms with Crippen LogP contribution in [0.3, 0.4) is 0 Å². The van der Waals surface area contributed by atoms with E-state index in [0.29, 0.717) is 0 Å². The van der Waals surface area contributed by atoms with Gasteiger partial charge in [-0.05, 0) is 19.4 Å². The second kappa shape index (κ2) is 6.05. The number of alkyl halides is 3. The Balaban J connectivity index is 2.59. The minimum Gasteiger partial charge on any atom is -0.255 e. The Labute approximate surface area is 142 Å². The molecule has 132 valence electrons. The summed E-state index contributed by atoms with van der Waals surface area (Å²) in [5.41, 5.74) is -3.05. The van der Waals surface area contributed by atoms with Gasteiger partial charge < -0.3 is 0 Å². The van der Waals surface area contributed by atoms with Gasteiger partial charge in [-0.3, -0.25) is 4.68 Å². The molecule has 0 spiro atoms. The molecule has 0 bridgehead atoms. The van der Waals surface area contributed by atoms with Gasteiger partial charge in [0.2, 0.25) is 10.0 Å². The topological polar surface area (TPSA) is 64.0 Å². The van der Waals surface area contributed by atoms with Gasteiger partial charge in [0.1, 0.15) is 10.0 Å². The van der Waals surface area contributed by atoms with E-state index < -0.39 is 26.6 Å². The molecule has 5 nitrogen and oxygen atoms in total. The fourth-order valence-corrected chi connectivity index (χ4v) is 4.42. The van der Waals surface area contributed by atoms with Crippen LogP contribution in [0.4, 0.5) is 13.2 Å². The maximum Gasteiger partial charge on any atom is 0.411 e. The van der Waals surface area contributed by atoms with Crippen molar-refractivity contribution < 1.29 is 21.6 Å². The molecule has 0 unspecified atom stereocenters. The molecule has 0 amide bonds. The van der Waals surface area contributed by atoms with Crippen LogP contribution in [-0.4, -0.2) is 24.4 Å². The number of benzene rings is 1. The van der Waals surface area contributed by atoms with E-state index in [0.717, 1.165) is 11.6 Å². The predicted octanol–water partition coefficient (Wildman–Crippen LogP) is 3.14. The van der Waals surface area contributed by atoms with Gasteiger partial charge >= 0.3 is 6.18 Å². The zero-order valence-electron chi connectivity index (χ0n) is 13.0. The number of aromatic nitrogens is 2. The van der Waals surface area contributed by atoms with E-state index in [4.69, 9.17) is 11.6 Å². The Morgan fingerprint density at radius 3 is 2.17 bits per heavy atom. The first-order valence-electron chi connectivity index (χ1n) is 6.75. The molecule has 24 heavy (non-hydrogen) atoms. The molecular weight excluding hydrogens is 367 g/mol. The molecule has 0 aliphatic heterocycles. The van der Waals surface area contributed by atoms with Crippen molar-refractivity contribution in [3.8, 4) is 0 Å². The summed E-state index contributed by atoms with van der Waals surface area (Å²) in [5, 5.41) is 3.56. The zero-order valence-corrected chi connectivity index (χ0v) is 14.6. The lowest BCUT2D eigenvalue weighted by Gasteiger charge is -2.33. The molecule has 2 rings (SSSR count). The van der Waals surface area contributed by atoms with Gasteiger partial charge in [-0.1, -0.05) is 41.9 Å². The van der Waals surface area contributed by atoms with Crippen LogP contribution in [0.15, 0.2) is 35.2 Å². The first-order chi connectivity index (χ1) is 10.9. The van der Waals surface area contributed by atoms with E-state index in [9.17, 15) is 21.6 Å². The van der Waals surface area contributed by atoms with Crippen LogP contribution in [-0.2, 0) is 22.6 Å². The average molecular weight is 382 g/mol. The molecule has 1 aromatic carbocycles. The fourth-order valence-electron chi connectivity index (χ4n) is 2.29. The minimum absolute atomic E-state index is 0.00702. The Morgan fingerprint density at radius 2 is 1.75 bits per heavy atom. The molecule has 0 saturated carbocycles. The summed E-state index contributed by atoms with van der Waals surface area (Å²) >= 11 is 5.89. The summed E-state index contributed by atoms with van der Waals surface area (Å²) in [6, 6.07) is 6.74. The van der Waals surface area contributed by atoms with Gasteiger partial charge in [0.15, 0.2) is 5.54 Å². The SMILES string of the molecule is Cc1nn(C)c(Cl)c1S(=O)(=O)N[C@@](C)(c1ccccc1)C(F)(F)F. The van der Waals surface area contributed by atoms with Crippen LogP contribution in [0.25, 0.3) is 0 Å². The Bertz CT molecular complexity index is 850. The van der Waals surface area contributed by atoms with Crippen molar-refractivity contribution in [1.82, 2.24) is 14.5 Å². The molecule has 0 radical (unpaired) electrons. The van der Waals surface area contributed by atoms with Gasteiger partial charge in [0.05, 0.1) is 5.69 Å². The highest BCUT2D eigenvalue weighted by Crippen LogP contribution is 2.40. The Morgan fingerprint density at radius 1 is 1.21 bits per heavy atom. The third kappa shape index (κ3) is 3.15. The van der Waals surface area contributed by atoms with E-state index in [1.165, 1.54) is 44.3 Å². The first-order valence-corrected chi connectivity index (χ1v) is 8.61. The van der Waals surface area contributed by atoms with Gasteiger partial charge in [-0.2, -0.15) is 23.0 Å². The van der Waals surface area contributed by atoms with Crippen molar-refractivity contribution in [1.29, 1.82) is 0 Å². The lowest BCUT2D eigenvalue weighted by atomic mass is 9.93. The minimum atomic E-state index is -4.87. The Kier molecular flexibility index (Phi) is 4.73. The van der Waals surface area contributed by atoms with Crippen molar-refractivity contribution in [3.63, 3.8) is 0 Å². The number of sulfonamides is 1. The van der Waals surface area contributed by atoms with Crippen LogP contribution < -0.4 is 4.72 Å². The number of aryl methyl sites for hydroxylation is 2. The number of halogens is 4. The van der Waals surface area contributed by atoms with Crippen LogP contribution in [0.1, 0.15) is 18.2 Å². The second-order valence-corrected chi connectivity index (χ2v) is 7.40. The van der Waals surface area contributed by atoms with Crippen molar-refractivity contribution in [3.05, 3.63) is 46.7 Å². The maximum atomic E-state index is 13.7. The largest absolute Gasteiger partial charge is 0.411 e. The fraction of sp³-hybridized carbons (Fsp3) is 0.357. The number of hydrogen-bond acceptors (Lipinski definition) is 3. The van der Waals surface area contributed by atoms with Crippen LogP contribution in [0.5, 0.6) is 0 Å². The summed E-state index contributed by atoms with van der Waals surface area (Å²) in [6.07, 6.45) is -4.87. The second-order valence-electron chi connectivity index (χ2n) is 5.42. The third-order valence-electron chi connectivity index (χ3n) is 3.63. The summed E-state index contributed by atoms with van der Waals surface area (Å²) in [5.74, 6) is 0. The number of nitrogens with zero attached hydrogens (tertiary/aromatic N) is 2. The highest BCUT2D eigenvalue weighted by atomic mass is 35.5. The van der Waals surface area contributed by atoms with E-state index in [2.05, 4.69) is 5.10 Å². The highest BCUT2D eigenvalue weighted by molar-refractivity contribution is 7.89. The Hall–Kier alpha value is -1.58. The molecule has 10 heteroatoms. The molecule has 1 aromatic heterocycles. The van der Waals surface area contributed by atoms with Gasteiger partial charge in [0, 0.05) is 7.05 Å². The summed E-state index contributed by atoms with van der Waals surface area (Å²) in [4.78, 5) is -0.474. The van der Waals surface area contributed by atoms with Gasteiger partial charge in [-0.25, -0.2) is 8.42 Å². The van der Waals surface area contributed by atoms with Gasteiger partial charge in [0.25, 0.3) is 0 Å². The lowest BCUT2D eigenvalue weighted by molar-refractivity contribution is -0.189. The summed E-state index contributed by atoms with van der Waals surface area (Å²) in [7, 11) is -3.18. The average Bonchev–Trinajstić information content (AvgIpc) is 2.71. The van der Waals surface area contributed by atoms with E-state index >= 15 is 0 Å². The first kappa shape index (κ1) is 18.8. The van der Waals surface area contributed by atoms with Gasteiger partial charge in [-0.15, -0.1) is 0 Å². The third-order valence-corrected chi connectivity index (χ3v) is 5.87. The van der Waals surface area contributed by atoms with Crippen LogP contribution in [0, 0.1) is 6.92 Å². The van der Waals surface area contributed by atoms with E-state index in [1.807, 2.05) is 0 Å². The number of rotatable bonds is 4. The molecule has 2 aromatic rings. The number of nitrogens with one attached hydrogen (secondary N) is 1. The molecule has 0 aliphatic carbocycles. The van der Waals surface area contributed by atoms with Crippen molar-refractivity contribution in [2.24, 2.45) is 7.05 Å². The monoisotopic (exact) mass is 381 g/mol. The van der Waals surface area contributed by atoms with Crippen LogP contribution >= 0.6 is 11.6 Å². The maximum absolute atomic E-state index is 13.7. The highest BCUT2D eigenvalue weighted by Gasteiger charge is 2.55. The molecule has 0 aliphatic rings.